The van der Waals surface area contributed by atoms with Gasteiger partial charge in [-0.3, -0.25) is 14.5 Å². The summed E-state index contributed by atoms with van der Waals surface area (Å²) in [6.45, 7) is 1.91. The minimum atomic E-state index is -3.57. The molecule has 2 aliphatic carbocycles. The van der Waals surface area contributed by atoms with Crippen molar-refractivity contribution in [1.82, 2.24) is 9.62 Å². The summed E-state index contributed by atoms with van der Waals surface area (Å²) in [4.78, 5) is 26.8. The van der Waals surface area contributed by atoms with Crippen LogP contribution in [0.5, 0.6) is 0 Å². The first-order valence-corrected chi connectivity index (χ1v) is 10.8. The fourth-order valence-electron chi connectivity index (χ4n) is 4.09. The maximum atomic E-state index is 12.6. The Bertz CT molecular complexity index is 836. The van der Waals surface area contributed by atoms with E-state index in [2.05, 4.69) is 4.72 Å². The van der Waals surface area contributed by atoms with Gasteiger partial charge in [0, 0.05) is 6.04 Å². The summed E-state index contributed by atoms with van der Waals surface area (Å²) in [5.41, 5.74) is 1.33. The molecule has 2 amide bonds. The molecular formula is C19H24N2O4S. The number of carbonyl (C=O) groups excluding carboxylic acids is 2. The van der Waals surface area contributed by atoms with Crippen molar-refractivity contribution in [1.29, 1.82) is 0 Å². The zero-order valence-corrected chi connectivity index (χ0v) is 15.7. The Morgan fingerprint density at radius 3 is 2.23 bits per heavy atom. The molecule has 2 atom stereocenters. The van der Waals surface area contributed by atoms with Crippen molar-refractivity contribution in [3.8, 4) is 0 Å². The monoisotopic (exact) mass is 376 g/mol. The Kier molecular flexibility index (Phi) is 4.39. The van der Waals surface area contributed by atoms with Gasteiger partial charge in [0.15, 0.2) is 0 Å². The maximum absolute atomic E-state index is 12.6. The van der Waals surface area contributed by atoms with E-state index in [-0.39, 0.29) is 41.1 Å². The van der Waals surface area contributed by atoms with Crippen LogP contribution in [0.3, 0.4) is 0 Å². The van der Waals surface area contributed by atoms with E-state index in [0.717, 1.165) is 38.5 Å². The Labute approximate surface area is 154 Å². The average molecular weight is 376 g/mol. The van der Waals surface area contributed by atoms with E-state index in [9.17, 15) is 18.0 Å². The zero-order chi connectivity index (χ0) is 18.5. The van der Waals surface area contributed by atoms with E-state index in [4.69, 9.17) is 0 Å². The van der Waals surface area contributed by atoms with Gasteiger partial charge >= 0.3 is 0 Å². The number of benzene rings is 1. The third kappa shape index (κ3) is 3.18. The van der Waals surface area contributed by atoms with Gasteiger partial charge in [-0.15, -0.1) is 0 Å². The van der Waals surface area contributed by atoms with Gasteiger partial charge in [0.05, 0.1) is 23.3 Å². The molecule has 0 radical (unpaired) electrons. The lowest BCUT2D eigenvalue weighted by Crippen LogP contribution is -2.31. The highest BCUT2D eigenvalue weighted by Crippen LogP contribution is 2.38. The third-order valence-electron chi connectivity index (χ3n) is 5.71. The first-order chi connectivity index (χ1) is 12.4. The van der Waals surface area contributed by atoms with Crippen molar-refractivity contribution >= 4 is 21.8 Å². The topological polar surface area (TPSA) is 83.6 Å². The highest BCUT2D eigenvalue weighted by atomic mass is 32.2. The van der Waals surface area contributed by atoms with Gasteiger partial charge < -0.3 is 0 Å². The van der Waals surface area contributed by atoms with Gasteiger partial charge in [-0.2, -0.15) is 0 Å². The molecule has 26 heavy (non-hydrogen) atoms. The van der Waals surface area contributed by atoms with E-state index in [1.807, 2.05) is 0 Å². The Hall–Kier alpha value is -1.73. The van der Waals surface area contributed by atoms with Crippen molar-refractivity contribution < 1.29 is 18.0 Å². The van der Waals surface area contributed by atoms with E-state index in [0.29, 0.717) is 11.1 Å². The van der Waals surface area contributed by atoms with Crippen LogP contribution in [0.15, 0.2) is 23.1 Å². The number of likely N-dealkylation sites (tertiary alicyclic amines) is 1. The number of sulfonamides is 1. The highest BCUT2D eigenvalue weighted by molar-refractivity contribution is 7.89. The molecule has 1 aliphatic heterocycles. The summed E-state index contributed by atoms with van der Waals surface area (Å²) >= 11 is 0. The first kappa shape index (κ1) is 17.7. The van der Waals surface area contributed by atoms with E-state index >= 15 is 0 Å². The molecule has 1 aromatic rings. The molecule has 1 aromatic carbocycles. The molecular weight excluding hydrogens is 352 g/mol. The van der Waals surface area contributed by atoms with Crippen LogP contribution >= 0.6 is 0 Å². The van der Waals surface area contributed by atoms with E-state index in [1.54, 1.807) is 25.1 Å². The molecule has 0 spiro atoms. The van der Waals surface area contributed by atoms with Crippen LogP contribution in [-0.4, -0.2) is 31.2 Å². The fraction of sp³-hybridized carbons (Fsp3) is 0.579. The molecule has 6 nitrogen and oxygen atoms in total. The summed E-state index contributed by atoms with van der Waals surface area (Å²) in [5, 5.41) is 0. The molecule has 0 bridgehead atoms. The second-order valence-electron chi connectivity index (χ2n) is 7.76. The van der Waals surface area contributed by atoms with Crippen LogP contribution in [0.2, 0.25) is 0 Å². The number of hydrogen-bond acceptors (Lipinski definition) is 4. The SMILES string of the molecule is Cc1ccc(CN2C(=O)[C@@H]3CCCC[C@H]3C2=O)cc1S(=O)(=O)NC1CC1. The lowest BCUT2D eigenvalue weighted by Gasteiger charge is -2.19. The third-order valence-corrected chi connectivity index (χ3v) is 7.38. The minimum Gasteiger partial charge on any atom is -0.278 e. The second kappa shape index (κ2) is 6.46. The molecule has 2 saturated carbocycles. The van der Waals surface area contributed by atoms with Crippen LogP contribution in [0.1, 0.15) is 49.7 Å². The summed E-state index contributed by atoms with van der Waals surface area (Å²) in [7, 11) is -3.57. The molecule has 1 saturated heterocycles. The molecule has 3 aliphatic rings. The number of amides is 2. The normalized spacial score (nSPS) is 26.3. The molecule has 1 heterocycles. The molecule has 3 fully saturated rings. The van der Waals surface area contributed by atoms with Crippen LogP contribution in [0.4, 0.5) is 0 Å². The summed E-state index contributed by atoms with van der Waals surface area (Å²) in [6, 6.07) is 5.18. The number of nitrogens with one attached hydrogen (secondary N) is 1. The summed E-state index contributed by atoms with van der Waals surface area (Å²) in [5.74, 6) is -0.551. The number of fused-ring (bicyclic) bond motifs is 1. The number of imide groups is 1. The summed E-state index contributed by atoms with van der Waals surface area (Å²) < 4.78 is 27.8. The van der Waals surface area contributed by atoms with Crippen LogP contribution in [0.25, 0.3) is 0 Å². The molecule has 0 unspecified atom stereocenters. The molecule has 7 heteroatoms. The lowest BCUT2D eigenvalue weighted by atomic mass is 9.81. The van der Waals surface area contributed by atoms with Gasteiger partial charge in [-0.25, -0.2) is 13.1 Å². The van der Waals surface area contributed by atoms with Gasteiger partial charge in [-0.1, -0.05) is 25.0 Å². The maximum Gasteiger partial charge on any atom is 0.241 e. The molecule has 1 N–H and O–H groups in total. The molecule has 140 valence electrons. The molecule has 0 aromatic heterocycles. The first-order valence-electron chi connectivity index (χ1n) is 9.34. The number of nitrogens with zero attached hydrogens (tertiary/aromatic N) is 1. The Morgan fingerprint density at radius 2 is 1.65 bits per heavy atom. The van der Waals surface area contributed by atoms with Crippen LogP contribution < -0.4 is 4.72 Å². The standard InChI is InChI=1S/C19H24N2O4S/c1-12-6-7-13(10-17(12)26(24,25)20-14-8-9-14)11-21-18(22)15-4-2-3-5-16(15)19(21)23/h6-7,10,14-16,20H,2-5,8-9,11H2,1H3/t15-,16-/m1/s1. The predicted molar refractivity (Wildman–Crippen MR) is 95.5 cm³/mol. The predicted octanol–water partition coefficient (Wildman–Crippen LogP) is 2.11. The van der Waals surface area contributed by atoms with Crippen molar-refractivity contribution in [3.63, 3.8) is 0 Å². The smallest absolute Gasteiger partial charge is 0.241 e. The second-order valence-corrected chi connectivity index (χ2v) is 9.44. The van der Waals surface area contributed by atoms with Crippen molar-refractivity contribution in [2.24, 2.45) is 11.8 Å². The van der Waals surface area contributed by atoms with Crippen LogP contribution in [-0.2, 0) is 26.2 Å². The van der Waals surface area contributed by atoms with Crippen molar-refractivity contribution in [2.75, 3.05) is 0 Å². The minimum absolute atomic E-state index is 0.0351. The largest absolute Gasteiger partial charge is 0.278 e. The lowest BCUT2D eigenvalue weighted by molar-refractivity contribution is -0.140. The number of hydrogen-bond donors (Lipinski definition) is 1. The zero-order valence-electron chi connectivity index (χ0n) is 14.9. The Morgan fingerprint density at radius 1 is 1.04 bits per heavy atom. The number of carbonyl (C=O) groups is 2. The van der Waals surface area contributed by atoms with Crippen molar-refractivity contribution in [2.45, 2.75) is 62.9 Å². The van der Waals surface area contributed by atoms with Gasteiger partial charge in [0.2, 0.25) is 21.8 Å². The fourth-order valence-corrected chi connectivity index (χ4v) is 5.69. The van der Waals surface area contributed by atoms with Crippen molar-refractivity contribution in [3.05, 3.63) is 29.3 Å². The van der Waals surface area contributed by atoms with E-state index in [1.165, 1.54) is 4.90 Å². The number of aryl methyl sites for hydroxylation is 1. The summed E-state index contributed by atoms with van der Waals surface area (Å²) in [6.07, 6.45) is 5.30. The van der Waals surface area contributed by atoms with Gasteiger partial charge in [0.1, 0.15) is 0 Å². The average Bonchev–Trinajstić information content (AvgIpc) is 3.39. The van der Waals surface area contributed by atoms with E-state index < -0.39 is 10.0 Å². The Balaban J connectivity index is 1.58. The van der Waals surface area contributed by atoms with Gasteiger partial charge in [-0.05, 0) is 49.8 Å². The number of rotatable bonds is 5. The highest BCUT2D eigenvalue weighted by Gasteiger charge is 2.47. The quantitative estimate of drug-likeness (QED) is 0.798. The van der Waals surface area contributed by atoms with Crippen LogP contribution in [0, 0.1) is 18.8 Å². The molecule has 4 rings (SSSR count). The van der Waals surface area contributed by atoms with Gasteiger partial charge in [0.25, 0.3) is 0 Å².